The molecule has 3 rings (SSSR count). The first-order valence-electron chi connectivity index (χ1n) is 8.11. The molecule has 0 atom stereocenters. The van der Waals surface area contributed by atoms with E-state index >= 15 is 0 Å². The number of hydrogen-bond acceptors (Lipinski definition) is 5. The summed E-state index contributed by atoms with van der Waals surface area (Å²) < 4.78 is 10.4. The zero-order valence-corrected chi connectivity index (χ0v) is 14.2. The maximum Gasteiger partial charge on any atom is 0.256 e. The average Bonchev–Trinajstić information content (AvgIpc) is 3.08. The van der Waals surface area contributed by atoms with E-state index < -0.39 is 0 Å². The van der Waals surface area contributed by atoms with E-state index in [1.165, 1.54) is 0 Å². The predicted molar refractivity (Wildman–Crippen MR) is 94.7 cm³/mol. The van der Waals surface area contributed by atoms with Gasteiger partial charge in [0.15, 0.2) is 5.69 Å². The van der Waals surface area contributed by atoms with E-state index in [9.17, 15) is 4.79 Å². The summed E-state index contributed by atoms with van der Waals surface area (Å²) in [7, 11) is 0. The van der Waals surface area contributed by atoms with E-state index in [2.05, 4.69) is 22.6 Å². The Hall–Kier alpha value is -3.15. The summed E-state index contributed by atoms with van der Waals surface area (Å²) in [6.45, 7) is 4.66. The van der Waals surface area contributed by atoms with Crippen molar-refractivity contribution in [2.24, 2.45) is 0 Å². The summed E-state index contributed by atoms with van der Waals surface area (Å²) in [6, 6.07) is 14.7. The minimum atomic E-state index is -0.261. The van der Waals surface area contributed by atoms with Gasteiger partial charge in [-0.2, -0.15) is 0 Å². The maximum absolute atomic E-state index is 12.4. The zero-order valence-electron chi connectivity index (χ0n) is 14.2. The fourth-order valence-corrected chi connectivity index (χ4v) is 2.35. The average molecular weight is 337 g/mol. The van der Waals surface area contributed by atoms with E-state index in [0.717, 1.165) is 23.3 Å². The van der Waals surface area contributed by atoms with Gasteiger partial charge in [0.25, 0.3) is 5.91 Å². The molecule has 0 aliphatic carbocycles. The molecule has 0 bridgehead atoms. The second-order valence-corrected chi connectivity index (χ2v) is 5.66. The first-order valence-corrected chi connectivity index (χ1v) is 8.11. The SMILES string of the molecule is CCCOc1ccc(-c2nonc2NC(=O)c2cccc(C)c2)cc1. The van der Waals surface area contributed by atoms with Gasteiger partial charge in [-0.05, 0) is 60.1 Å². The lowest BCUT2D eigenvalue weighted by Crippen LogP contribution is -2.12. The minimum Gasteiger partial charge on any atom is -0.494 e. The molecule has 0 fully saturated rings. The fourth-order valence-electron chi connectivity index (χ4n) is 2.35. The standard InChI is InChI=1S/C19H19N3O3/c1-3-11-24-16-9-7-14(8-10-16)17-18(22-25-21-17)20-19(23)15-6-4-5-13(2)12-15/h4-10,12H,3,11H2,1-2H3,(H,20,22,23). The van der Waals surface area contributed by atoms with Crippen LogP contribution in [0.3, 0.4) is 0 Å². The number of rotatable bonds is 6. The molecule has 128 valence electrons. The van der Waals surface area contributed by atoms with Crippen LogP contribution in [0.1, 0.15) is 29.3 Å². The lowest BCUT2D eigenvalue weighted by atomic mass is 10.1. The van der Waals surface area contributed by atoms with Crippen LogP contribution in [0.4, 0.5) is 5.82 Å². The molecule has 0 aliphatic rings. The molecular weight excluding hydrogens is 318 g/mol. The van der Waals surface area contributed by atoms with Crippen LogP contribution in [0.15, 0.2) is 53.2 Å². The summed E-state index contributed by atoms with van der Waals surface area (Å²) in [5.41, 5.74) is 2.82. The summed E-state index contributed by atoms with van der Waals surface area (Å²) in [6.07, 6.45) is 0.949. The number of amides is 1. The van der Waals surface area contributed by atoms with Gasteiger partial charge < -0.3 is 10.1 Å². The van der Waals surface area contributed by atoms with Crippen molar-refractivity contribution < 1.29 is 14.2 Å². The number of benzene rings is 2. The Morgan fingerprint density at radius 2 is 1.96 bits per heavy atom. The molecule has 2 aromatic carbocycles. The molecule has 0 radical (unpaired) electrons. The van der Waals surface area contributed by atoms with E-state index in [1.54, 1.807) is 6.07 Å². The number of aryl methyl sites for hydroxylation is 1. The number of aromatic nitrogens is 2. The molecule has 1 amide bonds. The van der Waals surface area contributed by atoms with Crippen molar-refractivity contribution in [2.75, 3.05) is 11.9 Å². The number of nitrogens with zero attached hydrogens (tertiary/aromatic N) is 2. The number of anilines is 1. The third kappa shape index (κ3) is 4.03. The van der Waals surface area contributed by atoms with Crippen molar-refractivity contribution in [1.82, 2.24) is 10.3 Å². The smallest absolute Gasteiger partial charge is 0.256 e. The second kappa shape index (κ2) is 7.61. The van der Waals surface area contributed by atoms with Crippen LogP contribution in [0, 0.1) is 6.92 Å². The zero-order chi connectivity index (χ0) is 17.6. The highest BCUT2D eigenvalue weighted by Crippen LogP contribution is 2.26. The third-order valence-corrected chi connectivity index (χ3v) is 3.60. The molecule has 6 heteroatoms. The van der Waals surface area contributed by atoms with E-state index in [0.29, 0.717) is 17.9 Å². The van der Waals surface area contributed by atoms with Gasteiger partial charge in [0.2, 0.25) is 5.82 Å². The molecule has 1 heterocycles. The molecule has 0 saturated carbocycles. The molecule has 3 aromatic rings. The molecule has 0 aliphatic heterocycles. The van der Waals surface area contributed by atoms with Gasteiger partial charge >= 0.3 is 0 Å². The second-order valence-electron chi connectivity index (χ2n) is 5.66. The lowest BCUT2D eigenvalue weighted by Gasteiger charge is -2.06. The van der Waals surface area contributed by atoms with E-state index in [-0.39, 0.29) is 11.7 Å². The van der Waals surface area contributed by atoms with Gasteiger partial charge in [-0.3, -0.25) is 4.79 Å². The van der Waals surface area contributed by atoms with Crippen molar-refractivity contribution >= 4 is 11.7 Å². The molecular formula is C19H19N3O3. The number of hydrogen-bond donors (Lipinski definition) is 1. The van der Waals surface area contributed by atoms with Crippen LogP contribution in [0.2, 0.25) is 0 Å². The van der Waals surface area contributed by atoms with Crippen LogP contribution < -0.4 is 10.1 Å². The molecule has 1 N–H and O–H groups in total. The molecule has 0 unspecified atom stereocenters. The summed E-state index contributed by atoms with van der Waals surface area (Å²) >= 11 is 0. The van der Waals surface area contributed by atoms with Crippen molar-refractivity contribution in [1.29, 1.82) is 0 Å². The highest BCUT2D eigenvalue weighted by atomic mass is 16.6. The van der Waals surface area contributed by atoms with Crippen molar-refractivity contribution in [3.63, 3.8) is 0 Å². The van der Waals surface area contributed by atoms with Gasteiger partial charge in [-0.15, -0.1) is 0 Å². The Kier molecular flexibility index (Phi) is 5.09. The van der Waals surface area contributed by atoms with E-state index in [1.807, 2.05) is 49.4 Å². The van der Waals surface area contributed by atoms with Crippen LogP contribution >= 0.6 is 0 Å². The van der Waals surface area contributed by atoms with Gasteiger partial charge in [0.05, 0.1) is 6.61 Å². The monoisotopic (exact) mass is 337 g/mol. The highest BCUT2D eigenvalue weighted by molar-refractivity contribution is 6.05. The highest BCUT2D eigenvalue weighted by Gasteiger charge is 2.16. The Morgan fingerprint density at radius 1 is 1.16 bits per heavy atom. The number of ether oxygens (including phenoxy) is 1. The topological polar surface area (TPSA) is 77.2 Å². The molecule has 0 saturated heterocycles. The van der Waals surface area contributed by atoms with Crippen LogP contribution in [0.5, 0.6) is 5.75 Å². The predicted octanol–water partition coefficient (Wildman–Crippen LogP) is 4.09. The molecule has 1 aromatic heterocycles. The Balaban J connectivity index is 1.77. The summed E-state index contributed by atoms with van der Waals surface area (Å²) in [5.74, 6) is 0.810. The Bertz CT molecular complexity index is 856. The van der Waals surface area contributed by atoms with Crippen LogP contribution in [0.25, 0.3) is 11.3 Å². The third-order valence-electron chi connectivity index (χ3n) is 3.60. The van der Waals surface area contributed by atoms with E-state index in [4.69, 9.17) is 9.37 Å². The van der Waals surface area contributed by atoms with Crippen molar-refractivity contribution in [2.45, 2.75) is 20.3 Å². The first-order chi connectivity index (χ1) is 12.2. The number of nitrogens with one attached hydrogen (secondary N) is 1. The number of carbonyl (C=O) groups is 1. The largest absolute Gasteiger partial charge is 0.494 e. The van der Waals surface area contributed by atoms with Gasteiger partial charge in [0, 0.05) is 11.1 Å². The number of carbonyl (C=O) groups excluding carboxylic acids is 1. The van der Waals surface area contributed by atoms with Gasteiger partial charge in [-0.25, -0.2) is 4.63 Å². The van der Waals surface area contributed by atoms with Crippen molar-refractivity contribution in [3.05, 3.63) is 59.7 Å². The Morgan fingerprint density at radius 3 is 2.68 bits per heavy atom. The van der Waals surface area contributed by atoms with Crippen LogP contribution in [-0.2, 0) is 0 Å². The van der Waals surface area contributed by atoms with Crippen LogP contribution in [-0.4, -0.2) is 22.8 Å². The fraction of sp³-hybridized carbons (Fsp3) is 0.211. The minimum absolute atomic E-state index is 0.261. The summed E-state index contributed by atoms with van der Waals surface area (Å²) in [4.78, 5) is 12.4. The van der Waals surface area contributed by atoms with Gasteiger partial charge in [0.1, 0.15) is 5.75 Å². The lowest BCUT2D eigenvalue weighted by molar-refractivity contribution is 0.102. The first kappa shape index (κ1) is 16.7. The molecule has 0 spiro atoms. The van der Waals surface area contributed by atoms with Gasteiger partial charge in [-0.1, -0.05) is 24.6 Å². The maximum atomic E-state index is 12.4. The molecule has 6 nitrogen and oxygen atoms in total. The summed E-state index contributed by atoms with van der Waals surface area (Å²) in [5, 5.41) is 10.4. The Labute approximate surface area is 145 Å². The normalized spacial score (nSPS) is 10.5. The molecule has 25 heavy (non-hydrogen) atoms. The quantitative estimate of drug-likeness (QED) is 0.733. The van der Waals surface area contributed by atoms with Crippen molar-refractivity contribution in [3.8, 4) is 17.0 Å².